The van der Waals surface area contributed by atoms with Crippen LogP contribution in [0.5, 0.6) is 0 Å². The summed E-state index contributed by atoms with van der Waals surface area (Å²) >= 11 is 0. The molecule has 90 valence electrons. The van der Waals surface area contributed by atoms with E-state index < -0.39 is 5.97 Å². The third kappa shape index (κ3) is 2.84. The largest absolute Gasteiger partial charge is 0.477 e. The molecule has 0 radical (unpaired) electrons. The van der Waals surface area contributed by atoms with Crippen molar-refractivity contribution >= 4 is 17.4 Å². The van der Waals surface area contributed by atoms with Gasteiger partial charge in [0, 0.05) is 0 Å². The van der Waals surface area contributed by atoms with Gasteiger partial charge in [-0.1, -0.05) is 6.07 Å². The lowest BCUT2D eigenvalue weighted by Crippen LogP contribution is -2.10. The van der Waals surface area contributed by atoms with Crippen molar-refractivity contribution in [3.63, 3.8) is 0 Å². The van der Waals surface area contributed by atoms with Crippen LogP contribution in [0.1, 0.15) is 30.9 Å². The Morgan fingerprint density at radius 2 is 2.00 bits per heavy atom. The SMILES string of the molecule is CC(=NNc1ccc2c(c1)CCCC2)C(=O)O. The second kappa shape index (κ2) is 4.99. The number of fused-ring (bicyclic) bond motifs is 1. The molecule has 0 atom stereocenters. The number of aliphatic carboxylic acids is 1. The van der Waals surface area contributed by atoms with Crippen molar-refractivity contribution in [2.75, 3.05) is 5.43 Å². The van der Waals surface area contributed by atoms with Gasteiger partial charge in [-0.2, -0.15) is 5.10 Å². The van der Waals surface area contributed by atoms with Crippen molar-refractivity contribution in [2.45, 2.75) is 32.6 Å². The van der Waals surface area contributed by atoms with E-state index in [4.69, 9.17) is 5.11 Å². The first kappa shape index (κ1) is 11.6. The maximum atomic E-state index is 10.6. The number of carboxylic acids is 1. The van der Waals surface area contributed by atoms with E-state index in [1.807, 2.05) is 6.07 Å². The minimum absolute atomic E-state index is 0.0581. The Morgan fingerprint density at radius 3 is 2.71 bits per heavy atom. The van der Waals surface area contributed by atoms with Crippen LogP contribution in [0.3, 0.4) is 0 Å². The summed E-state index contributed by atoms with van der Waals surface area (Å²) in [5, 5.41) is 12.5. The number of benzene rings is 1. The lowest BCUT2D eigenvalue weighted by Gasteiger charge is -2.16. The number of carbonyl (C=O) groups is 1. The van der Waals surface area contributed by atoms with Gasteiger partial charge in [0.15, 0.2) is 0 Å². The van der Waals surface area contributed by atoms with Crippen molar-refractivity contribution in [3.05, 3.63) is 29.3 Å². The summed E-state index contributed by atoms with van der Waals surface area (Å²) in [5.74, 6) is -1.00. The third-order valence-corrected chi connectivity index (χ3v) is 3.01. The summed E-state index contributed by atoms with van der Waals surface area (Å²) in [4.78, 5) is 10.6. The summed E-state index contributed by atoms with van der Waals surface area (Å²) in [6.45, 7) is 1.47. The topological polar surface area (TPSA) is 61.7 Å². The molecule has 0 saturated carbocycles. The van der Waals surface area contributed by atoms with Crippen molar-refractivity contribution in [2.24, 2.45) is 5.10 Å². The molecule has 2 N–H and O–H groups in total. The highest BCUT2D eigenvalue weighted by Crippen LogP contribution is 2.24. The molecule has 4 nitrogen and oxygen atoms in total. The van der Waals surface area contributed by atoms with Crippen LogP contribution in [0.2, 0.25) is 0 Å². The first-order chi connectivity index (χ1) is 8.16. The van der Waals surface area contributed by atoms with Gasteiger partial charge in [-0.15, -0.1) is 0 Å². The number of nitrogens with one attached hydrogen (secondary N) is 1. The highest BCUT2D eigenvalue weighted by Gasteiger charge is 2.09. The van der Waals surface area contributed by atoms with Crippen molar-refractivity contribution in [1.82, 2.24) is 0 Å². The Bertz CT molecular complexity index is 466. The third-order valence-electron chi connectivity index (χ3n) is 3.01. The number of hydrogen-bond acceptors (Lipinski definition) is 3. The molecule has 0 amide bonds. The standard InChI is InChI=1S/C13H16N2O2/c1-9(13(16)17)14-15-12-7-6-10-4-2-3-5-11(10)8-12/h6-8,15H,2-5H2,1H3,(H,16,17). The normalized spacial score (nSPS) is 15.2. The van der Waals surface area contributed by atoms with E-state index in [-0.39, 0.29) is 5.71 Å². The van der Waals surface area contributed by atoms with Gasteiger partial charge in [0.2, 0.25) is 0 Å². The van der Waals surface area contributed by atoms with Crippen molar-refractivity contribution < 1.29 is 9.90 Å². The van der Waals surface area contributed by atoms with Crippen LogP contribution in [-0.2, 0) is 17.6 Å². The number of aryl methyl sites for hydroxylation is 2. The van der Waals surface area contributed by atoms with Gasteiger partial charge >= 0.3 is 5.97 Å². The minimum atomic E-state index is -1.00. The fourth-order valence-corrected chi connectivity index (χ4v) is 2.00. The molecule has 17 heavy (non-hydrogen) atoms. The van der Waals surface area contributed by atoms with E-state index in [9.17, 15) is 4.79 Å². The number of rotatable bonds is 3. The van der Waals surface area contributed by atoms with Gasteiger partial charge in [-0.05, 0) is 55.9 Å². The fraction of sp³-hybridized carbons (Fsp3) is 0.385. The molecule has 0 bridgehead atoms. The molecular weight excluding hydrogens is 216 g/mol. The van der Waals surface area contributed by atoms with E-state index in [1.54, 1.807) is 0 Å². The molecule has 0 spiro atoms. The highest BCUT2D eigenvalue weighted by atomic mass is 16.4. The molecule has 4 heteroatoms. The zero-order valence-electron chi connectivity index (χ0n) is 9.86. The summed E-state index contributed by atoms with van der Waals surface area (Å²) in [5.41, 5.74) is 6.45. The molecule has 0 saturated heterocycles. The van der Waals surface area contributed by atoms with Crippen LogP contribution in [-0.4, -0.2) is 16.8 Å². The summed E-state index contributed by atoms with van der Waals surface area (Å²) in [7, 11) is 0. The monoisotopic (exact) mass is 232 g/mol. The summed E-state index contributed by atoms with van der Waals surface area (Å²) < 4.78 is 0. The van der Waals surface area contributed by atoms with Gasteiger partial charge in [-0.3, -0.25) is 5.43 Å². The summed E-state index contributed by atoms with van der Waals surface area (Å²) in [6.07, 6.45) is 4.74. The van der Waals surface area contributed by atoms with Gasteiger partial charge in [-0.25, -0.2) is 4.79 Å². The Labute approximate surface area is 100 Å². The van der Waals surface area contributed by atoms with Gasteiger partial charge in [0.1, 0.15) is 5.71 Å². The Kier molecular flexibility index (Phi) is 3.42. The summed E-state index contributed by atoms with van der Waals surface area (Å²) in [6, 6.07) is 6.11. The lowest BCUT2D eigenvalue weighted by molar-refractivity contribution is -0.129. The lowest BCUT2D eigenvalue weighted by atomic mass is 9.91. The second-order valence-corrected chi connectivity index (χ2v) is 4.30. The first-order valence-corrected chi connectivity index (χ1v) is 5.82. The van der Waals surface area contributed by atoms with Gasteiger partial charge in [0.05, 0.1) is 5.69 Å². The number of anilines is 1. The predicted molar refractivity (Wildman–Crippen MR) is 67.5 cm³/mol. The second-order valence-electron chi connectivity index (χ2n) is 4.30. The van der Waals surface area contributed by atoms with Gasteiger partial charge < -0.3 is 5.11 Å². The molecule has 0 fully saturated rings. The molecule has 2 rings (SSSR count). The van der Waals surface area contributed by atoms with Crippen LogP contribution >= 0.6 is 0 Å². The van der Waals surface area contributed by atoms with E-state index in [1.165, 1.54) is 30.9 Å². The molecule has 1 aliphatic carbocycles. The van der Waals surface area contributed by atoms with Crippen LogP contribution in [0, 0.1) is 0 Å². The zero-order chi connectivity index (χ0) is 12.3. The average molecular weight is 232 g/mol. The van der Waals surface area contributed by atoms with Crippen molar-refractivity contribution in [1.29, 1.82) is 0 Å². The van der Waals surface area contributed by atoms with E-state index in [0.717, 1.165) is 18.5 Å². The Hall–Kier alpha value is -1.84. The van der Waals surface area contributed by atoms with E-state index in [0.29, 0.717) is 0 Å². The molecule has 1 aliphatic rings. The van der Waals surface area contributed by atoms with E-state index >= 15 is 0 Å². The number of hydrazone groups is 1. The first-order valence-electron chi connectivity index (χ1n) is 5.82. The molecule has 0 unspecified atom stereocenters. The number of nitrogens with zero attached hydrogens (tertiary/aromatic N) is 1. The number of hydrogen-bond donors (Lipinski definition) is 2. The molecule has 0 aromatic heterocycles. The van der Waals surface area contributed by atoms with Crippen LogP contribution in [0.15, 0.2) is 23.3 Å². The highest BCUT2D eigenvalue weighted by molar-refractivity contribution is 6.34. The molecule has 0 aliphatic heterocycles. The van der Waals surface area contributed by atoms with Crippen LogP contribution in [0.25, 0.3) is 0 Å². The minimum Gasteiger partial charge on any atom is -0.477 e. The van der Waals surface area contributed by atoms with Gasteiger partial charge in [0.25, 0.3) is 0 Å². The zero-order valence-corrected chi connectivity index (χ0v) is 9.86. The Balaban J connectivity index is 2.12. The average Bonchev–Trinajstić information content (AvgIpc) is 2.35. The maximum Gasteiger partial charge on any atom is 0.351 e. The number of carboxylic acid groups (broad SMARTS) is 1. The maximum absolute atomic E-state index is 10.6. The van der Waals surface area contributed by atoms with Crippen LogP contribution < -0.4 is 5.43 Å². The van der Waals surface area contributed by atoms with Crippen molar-refractivity contribution in [3.8, 4) is 0 Å². The predicted octanol–water partition coefficient (Wildman–Crippen LogP) is 2.44. The molecular formula is C13H16N2O2. The quantitative estimate of drug-likeness (QED) is 0.621. The van der Waals surface area contributed by atoms with E-state index in [2.05, 4.69) is 22.7 Å². The molecule has 1 aromatic rings. The smallest absolute Gasteiger partial charge is 0.351 e. The molecule has 0 heterocycles. The fourth-order valence-electron chi connectivity index (χ4n) is 2.00. The Morgan fingerprint density at radius 1 is 1.29 bits per heavy atom. The molecule has 1 aromatic carbocycles. The van der Waals surface area contributed by atoms with Crippen LogP contribution in [0.4, 0.5) is 5.69 Å².